The minimum atomic E-state index is -0.0530. The van der Waals surface area contributed by atoms with Gasteiger partial charge in [0, 0.05) is 11.6 Å². The summed E-state index contributed by atoms with van der Waals surface area (Å²) in [4.78, 5) is 12.0. The maximum Gasteiger partial charge on any atom is 0.251 e. The molecule has 0 aromatic heterocycles. The van der Waals surface area contributed by atoms with Crippen molar-refractivity contribution in [3.63, 3.8) is 0 Å². The zero-order valence-electron chi connectivity index (χ0n) is 10.8. The maximum atomic E-state index is 12.0. The largest absolute Gasteiger partial charge is 0.508 e. The van der Waals surface area contributed by atoms with E-state index in [1.165, 1.54) is 0 Å². The number of hydrogen-bond acceptors (Lipinski definition) is 2. The van der Waals surface area contributed by atoms with Crippen molar-refractivity contribution in [2.24, 2.45) is 0 Å². The van der Waals surface area contributed by atoms with Crippen LogP contribution in [0.5, 0.6) is 5.75 Å². The lowest BCUT2D eigenvalue weighted by Gasteiger charge is -2.16. The Hall–Kier alpha value is -1.51. The van der Waals surface area contributed by atoms with Crippen LogP contribution < -0.4 is 5.32 Å². The summed E-state index contributed by atoms with van der Waals surface area (Å²) >= 11 is 0. The van der Waals surface area contributed by atoms with E-state index >= 15 is 0 Å². The molecule has 3 nitrogen and oxygen atoms in total. The topological polar surface area (TPSA) is 49.3 Å². The first-order chi connectivity index (χ1) is 8.08. The fourth-order valence-electron chi connectivity index (χ4n) is 1.89. The molecule has 0 fully saturated rings. The first-order valence-electron chi connectivity index (χ1n) is 6.19. The molecule has 1 rings (SSSR count). The van der Waals surface area contributed by atoms with Crippen LogP contribution in [-0.4, -0.2) is 17.1 Å². The second kappa shape index (κ2) is 6.28. The van der Waals surface area contributed by atoms with Crippen molar-refractivity contribution in [2.45, 2.75) is 46.1 Å². The molecule has 1 aromatic rings. The van der Waals surface area contributed by atoms with Crippen molar-refractivity contribution in [3.05, 3.63) is 29.3 Å². The van der Waals surface area contributed by atoms with Crippen molar-refractivity contribution in [3.8, 4) is 5.75 Å². The van der Waals surface area contributed by atoms with Crippen LogP contribution in [0.25, 0.3) is 0 Å². The van der Waals surface area contributed by atoms with E-state index in [1.807, 2.05) is 6.92 Å². The number of carbonyl (C=O) groups is 1. The van der Waals surface area contributed by atoms with Crippen molar-refractivity contribution in [1.82, 2.24) is 5.32 Å². The van der Waals surface area contributed by atoms with Gasteiger partial charge in [0.2, 0.25) is 0 Å². The van der Waals surface area contributed by atoms with Crippen LogP contribution in [-0.2, 0) is 0 Å². The van der Waals surface area contributed by atoms with E-state index in [0.717, 1.165) is 24.8 Å². The average molecular weight is 235 g/mol. The van der Waals surface area contributed by atoms with E-state index in [0.29, 0.717) is 5.56 Å². The molecule has 1 amide bonds. The lowest BCUT2D eigenvalue weighted by Crippen LogP contribution is -2.34. The number of aryl methyl sites for hydroxylation is 1. The van der Waals surface area contributed by atoms with Crippen LogP contribution in [0, 0.1) is 6.92 Å². The molecule has 0 aliphatic heterocycles. The van der Waals surface area contributed by atoms with Crippen molar-refractivity contribution in [1.29, 1.82) is 0 Å². The van der Waals surface area contributed by atoms with Gasteiger partial charge in [0.1, 0.15) is 5.75 Å². The molecule has 1 atom stereocenters. The fraction of sp³-hybridized carbons (Fsp3) is 0.500. The summed E-state index contributed by atoms with van der Waals surface area (Å²) in [5.41, 5.74) is 1.44. The van der Waals surface area contributed by atoms with Gasteiger partial charge in [-0.1, -0.05) is 20.3 Å². The highest BCUT2D eigenvalue weighted by Gasteiger charge is 2.13. The molecule has 94 valence electrons. The van der Waals surface area contributed by atoms with Gasteiger partial charge in [0.05, 0.1) is 0 Å². The van der Waals surface area contributed by atoms with Gasteiger partial charge in [-0.15, -0.1) is 0 Å². The van der Waals surface area contributed by atoms with Crippen LogP contribution in [0.2, 0.25) is 0 Å². The first kappa shape index (κ1) is 13.6. The average Bonchev–Trinajstić information content (AvgIpc) is 2.28. The van der Waals surface area contributed by atoms with Gasteiger partial charge in [-0.3, -0.25) is 4.79 Å². The molecule has 2 N–H and O–H groups in total. The van der Waals surface area contributed by atoms with Crippen LogP contribution >= 0.6 is 0 Å². The Morgan fingerprint density at radius 3 is 2.65 bits per heavy atom. The summed E-state index contributed by atoms with van der Waals surface area (Å²) in [7, 11) is 0. The third kappa shape index (κ3) is 3.77. The molecule has 0 saturated heterocycles. The Balaban J connectivity index is 2.75. The molecule has 1 aromatic carbocycles. The molecule has 0 heterocycles. The van der Waals surface area contributed by atoms with Crippen LogP contribution in [0.3, 0.4) is 0 Å². The number of carbonyl (C=O) groups excluding carboxylic acids is 1. The number of rotatable bonds is 5. The molecule has 0 radical (unpaired) electrons. The standard InChI is InChI=1S/C14H21NO2/c1-4-6-11(5-2)15-14(17)13-8-7-12(16)9-10(13)3/h7-9,11,16H,4-6H2,1-3H3,(H,15,17). The maximum absolute atomic E-state index is 12.0. The normalized spacial score (nSPS) is 12.2. The third-order valence-electron chi connectivity index (χ3n) is 2.92. The van der Waals surface area contributed by atoms with Gasteiger partial charge >= 0.3 is 0 Å². The second-order valence-electron chi connectivity index (χ2n) is 4.37. The summed E-state index contributed by atoms with van der Waals surface area (Å²) in [6.07, 6.45) is 3.00. The molecule has 0 bridgehead atoms. The smallest absolute Gasteiger partial charge is 0.251 e. The number of benzene rings is 1. The number of phenolic OH excluding ortho intramolecular Hbond substituents is 1. The molecule has 1 unspecified atom stereocenters. The summed E-state index contributed by atoms with van der Waals surface area (Å²) in [6.45, 7) is 6.01. The lowest BCUT2D eigenvalue weighted by atomic mass is 10.1. The van der Waals surface area contributed by atoms with Gasteiger partial charge in [-0.25, -0.2) is 0 Å². The van der Waals surface area contributed by atoms with E-state index in [4.69, 9.17) is 0 Å². The van der Waals surface area contributed by atoms with Gasteiger partial charge in [-0.2, -0.15) is 0 Å². The SMILES string of the molecule is CCCC(CC)NC(=O)c1ccc(O)cc1C. The quantitative estimate of drug-likeness (QED) is 0.824. The first-order valence-corrected chi connectivity index (χ1v) is 6.19. The number of hydrogen-bond donors (Lipinski definition) is 2. The van der Waals surface area contributed by atoms with Crippen LogP contribution in [0.15, 0.2) is 18.2 Å². The number of aromatic hydroxyl groups is 1. The molecule has 0 aliphatic rings. The number of amides is 1. The Labute approximate surface area is 103 Å². The van der Waals surface area contributed by atoms with Crippen molar-refractivity contribution < 1.29 is 9.90 Å². The third-order valence-corrected chi connectivity index (χ3v) is 2.92. The molecule has 17 heavy (non-hydrogen) atoms. The lowest BCUT2D eigenvalue weighted by molar-refractivity contribution is 0.0933. The molecular weight excluding hydrogens is 214 g/mol. The van der Waals surface area contributed by atoms with Gasteiger partial charge in [-0.05, 0) is 43.5 Å². The minimum Gasteiger partial charge on any atom is -0.508 e. The molecule has 0 spiro atoms. The predicted molar refractivity (Wildman–Crippen MR) is 69.3 cm³/mol. The van der Waals surface area contributed by atoms with Gasteiger partial charge in [0.25, 0.3) is 5.91 Å². The molecule has 0 saturated carbocycles. The second-order valence-corrected chi connectivity index (χ2v) is 4.37. The predicted octanol–water partition coefficient (Wildman–Crippen LogP) is 3.01. The van der Waals surface area contributed by atoms with E-state index < -0.39 is 0 Å². The van der Waals surface area contributed by atoms with Crippen LogP contribution in [0.4, 0.5) is 0 Å². The Bertz CT molecular complexity index is 388. The number of phenols is 1. The Kier molecular flexibility index (Phi) is 5.01. The highest BCUT2D eigenvalue weighted by atomic mass is 16.3. The summed E-state index contributed by atoms with van der Waals surface area (Å²) in [5.74, 6) is 0.141. The van der Waals surface area contributed by atoms with E-state index in [9.17, 15) is 9.90 Å². The monoisotopic (exact) mass is 235 g/mol. The Morgan fingerprint density at radius 1 is 1.41 bits per heavy atom. The molecule has 3 heteroatoms. The van der Waals surface area contributed by atoms with E-state index in [2.05, 4.69) is 19.2 Å². The van der Waals surface area contributed by atoms with Crippen molar-refractivity contribution >= 4 is 5.91 Å². The molecule has 0 aliphatic carbocycles. The van der Waals surface area contributed by atoms with Crippen LogP contribution in [0.1, 0.15) is 49.0 Å². The molecular formula is C14H21NO2. The number of nitrogens with one attached hydrogen (secondary N) is 1. The van der Waals surface area contributed by atoms with Crippen molar-refractivity contribution in [2.75, 3.05) is 0 Å². The van der Waals surface area contributed by atoms with Gasteiger partial charge < -0.3 is 10.4 Å². The highest BCUT2D eigenvalue weighted by Crippen LogP contribution is 2.16. The van der Waals surface area contributed by atoms with E-state index in [1.54, 1.807) is 18.2 Å². The summed E-state index contributed by atoms with van der Waals surface area (Å²) in [6, 6.07) is 5.05. The zero-order valence-corrected chi connectivity index (χ0v) is 10.8. The van der Waals surface area contributed by atoms with E-state index in [-0.39, 0.29) is 17.7 Å². The Morgan fingerprint density at radius 2 is 2.12 bits per heavy atom. The summed E-state index contributed by atoms with van der Waals surface area (Å²) in [5, 5.41) is 12.3. The zero-order chi connectivity index (χ0) is 12.8. The fourth-order valence-corrected chi connectivity index (χ4v) is 1.89. The minimum absolute atomic E-state index is 0.0530. The van der Waals surface area contributed by atoms with Gasteiger partial charge in [0.15, 0.2) is 0 Å². The highest BCUT2D eigenvalue weighted by molar-refractivity contribution is 5.95. The summed E-state index contributed by atoms with van der Waals surface area (Å²) < 4.78 is 0.